The number of nitrogens with zero attached hydrogens (tertiary/aromatic N) is 5. The summed E-state index contributed by atoms with van der Waals surface area (Å²) < 4.78 is 1.66. The molecule has 24 heavy (non-hydrogen) atoms. The van der Waals surface area contributed by atoms with Crippen molar-refractivity contribution in [1.29, 1.82) is 0 Å². The van der Waals surface area contributed by atoms with E-state index in [1.807, 2.05) is 30.3 Å². The van der Waals surface area contributed by atoms with E-state index in [2.05, 4.69) is 20.2 Å². The Hall–Kier alpha value is -2.74. The van der Waals surface area contributed by atoms with Gasteiger partial charge in [0.2, 0.25) is 5.13 Å². The Morgan fingerprint density at radius 1 is 1.25 bits per heavy atom. The lowest BCUT2D eigenvalue weighted by Crippen LogP contribution is -2.31. The van der Waals surface area contributed by atoms with E-state index in [4.69, 9.17) is 0 Å². The van der Waals surface area contributed by atoms with Crippen molar-refractivity contribution in [2.24, 2.45) is 7.05 Å². The molecule has 0 saturated heterocycles. The number of hydrogen-bond donors (Lipinski definition) is 1. The molecule has 4 rings (SSSR count). The first-order valence-electron chi connectivity index (χ1n) is 7.55. The molecule has 0 spiro atoms. The van der Waals surface area contributed by atoms with Gasteiger partial charge in [0.25, 0.3) is 0 Å². The van der Waals surface area contributed by atoms with Gasteiger partial charge in [-0.2, -0.15) is 5.10 Å². The zero-order valence-corrected chi connectivity index (χ0v) is 13.8. The highest BCUT2D eigenvalue weighted by atomic mass is 32.1. The number of carboxylic acids is 1. The number of fused-ring (bicyclic) bond motifs is 1. The summed E-state index contributed by atoms with van der Waals surface area (Å²) in [5.41, 5.74) is 2.96. The molecule has 0 atom stereocenters. The SMILES string of the molecule is Cn1nc(C(=O)O)c2c1CN(c1nnc(-c3ccccc3)s1)CC2. The number of aromatic carboxylic acids is 1. The molecule has 1 aliphatic heterocycles. The highest BCUT2D eigenvalue weighted by Gasteiger charge is 2.28. The second-order valence-electron chi connectivity index (χ2n) is 5.63. The minimum atomic E-state index is -0.970. The fraction of sp³-hybridized carbons (Fsp3) is 0.250. The van der Waals surface area contributed by atoms with Crippen molar-refractivity contribution in [2.45, 2.75) is 13.0 Å². The fourth-order valence-electron chi connectivity index (χ4n) is 2.95. The summed E-state index contributed by atoms with van der Waals surface area (Å²) in [6, 6.07) is 9.96. The van der Waals surface area contributed by atoms with E-state index in [1.54, 1.807) is 23.1 Å². The average molecular weight is 341 g/mol. The number of aryl methyl sites for hydroxylation is 1. The van der Waals surface area contributed by atoms with E-state index >= 15 is 0 Å². The zero-order valence-electron chi connectivity index (χ0n) is 13.0. The second-order valence-corrected chi connectivity index (χ2v) is 6.59. The van der Waals surface area contributed by atoms with Gasteiger partial charge in [-0.15, -0.1) is 10.2 Å². The number of benzene rings is 1. The van der Waals surface area contributed by atoms with E-state index in [1.165, 1.54) is 0 Å². The average Bonchev–Trinajstić information content (AvgIpc) is 3.21. The summed E-state index contributed by atoms with van der Waals surface area (Å²) >= 11 is 1.54. The number of carboxylic acid groups (broad SMARTS) is 1. The number of aromatic nitrogens is 4. The number of rotatable bonds is 3. The predicted octanol–water partition coefficient (Wildman–Crippen LogP) is 2.20. The first kappa shape index (κ1) is 14.8. The molecule has 0 unspecified atom stereocenters. The summed E-state index contributed by atoms with van der Waals surface area (Å²) in [6.07, 6.45) is 0.644. The molecule has 1 aromatic carbocycles. The monoisotopic (exact) mass is 341 g/mol. The van der Waals surface area contributed by atoms with Crippen LogP contribution in [0.4, 0.5) is 5.13 Å². The molecule has 0 aliphatic carbocycles. The Morgan fingerprint density at radius 2 is 2.04 bits per heavy atom. The summed E-state index contributed by atoms with van der Waals surface area (Å²) in [4.78, 5) is 13.4. The van der Waals surface area contributed by atoms with Crippen molar-refractivity contribution in [2.75, 3.05) is 11.4 Å². The van der Waals surface area contributed by atoms with Gasteiger partial charge in [0.1, 0.15) is 5.01 Å². The van der Waals surface area contributed by atoms with Crippen LogP contribution in [0.25, 0.3) is 10.6 Å². The molecule has 1 aliphatic rings. The van der Waals surface area contributed by atoms with E-state index in [9.17, 15) is 9.90 Å². The van der Waals surface area contributed by atoms with Crippen LogP contribution in [0, 0.1) is 0 Å². The lowest BCUT2D eigenvalue weighted by molar-refractivity contribution is 0.0688. The van der Waals surface area contributed by atoms with Crippen molar-refractivity contribution in [3.63, 3.8) is 0 Å². The molecular formula is C16H15N5O2S. The molecule has 0 bridgehead atoms. The Balaban J connectivity index is 1.62. The number of anilines is 1. The van der Waals surface area contributed by atoms with Gasteiger partial charge in [0, 0.05) is 24.7 Å². The summed E-state index contributed by atoms with van der Waals surface area (Å²) in [7, 11) is 1.78. The van der Waals surface area contributed by atoms with Crippen LogP contribution in [0.15, 0.2) is 30.3 Å². The van der Waals surface area contributed by atoms with Gasteiger partial charge in [0.15, 0.2) is 5.69 Å². The minimum Gasteiger partial charge on any atom is -0.476 e. The molecule has 122 valence electrons. The normalized spacial score (nSPS) is 13.8. The van der Waals surface area contributed by atoms with Crippen molar-refractivity contribution in [1.82, 2.24) is 20.0 Å². The van der Waals surface area contributed by atoms with Crippen LogP contribution in [0.1, 0.15) is 21.7 Å². The third-order valence-corrected chi connectivity index (χ3v) is 5.19. The lowest BCUT2D eigenvalue weighted by atomic mass is 10.0. The molecule has 0 saturated carbocycles. The standard InChI is InChI=1S/C16H15N5O2S/c1-20-12-9-21(8-7-11(12)13(19-20)15(22)23)16-18-17-14(24-16)10-5-3-2-4-6-10/h2-6H,7-9H2,1H3,(H,22,23). The van der Waals surface area contributed by atoms with Gasteiger partial charge in [-0.1, -0.05) is 41.7 Å². The van der Waals surface area contributed by atoms with Crippen LogP contribution in [0.3, 0.4) is 0 Å². The molecule has 1 N–H and O–H groups in total. The molecule has 0 radical (unpaired) electrons. The molecule has 0 fully saturated rings. The molecule has 0 amide bonds. The summed E-state index contributed by atoms with van der Waals surface area (Å²) in [5, 5.41) is 23.7. The quantitative estimate of drug-likeness (QED) is 0.786. The first-order chi connectivity index (χ1) is 11.6. The molecule has 7 nitrogen and oxygen atoms in total. The molecule has 2 aromatic heterocycles. The van der Waals surface area contributed by atoms with E-state index in [-0.39, 0.29) is 5.69 Å². The Labute approximate surface area is 142 Å². The maximum Gasteiger partial charge on any atom is 0.356 e. The Bertz CT molecular complexity index is 903. The maximum absolute atomic E-state index is 11.3. The van der Waals surface area contributed by atoms with Crippen molar-refractivity contribution in [3.05, 3.63) is 47.3 Å². The van der Waals surface area contributed by atoms with Crippen molar-refractivity contribution < 1.29 is 9.90 Å². The second kappa shape index (κ2) is 5.72. The Morgan fingerprint density at radius 3 is 2.79 bits per heavy atom. The molecule has 3 aromatic rings. The molecule has 8 heteroatoms. The van der Waals surface area contributed by atoms with Gasteiger partial charge >= 0.3 is 5.97 Å². The Kier molecular flexibility index (Phi) is 3.53. The van der Waals surface area contributed by atoms with Crippen LogP contribution in [0.2, 0.25) is 0 Å². The highest BCUT2D eigenvalue weighted by molar-refractivity contribution is 7.18. The third kappa shape index (κ3) is 2.44. The number of carbonyl (C=O) groups is 1. The largest absolute Gasteiger partial charge is 0.476 e. The van der Waals surface area contributed by atoms with Gasteiger partial charge in [-0.3, -0.25) is 4.68 Å². The first-order valence-corrected chi connectivity index (χ1v) is 8.37. The van der Waals surface area contributed by atoms with Crippen LogP contribution in [-0.4, -0.2) is 37.6 Å². The number of hydrogen-bond acceptors (Lipinski definition) is 6. The van der Waals surface area contributed by atoms with Crippen molar-refractivity contribution in [3.8, 4) is 10.6 Å². The van der Waals surface area contributed by atoms with Crippen LogP contribution < -0.4 is 4.90 Å². The summed E-state index contributed by atoms with van der Waals surface area (Å²) in [6.45, 7) is 1.30. The highest BCUT2D eigenvalue weighted by Crippen LogP contribution is 2.32. The van der Waals surface area contributed by atoms with E-state index < -0.39 is 5.97 Å². The van der Waals surface area contributed by atoms with E-state index in [0.717, 1.165) is 27.0 Å². The van der Waals surface area contributed by atoms with Gasteiger partial charge in [0.05, 0.1) is 12.2 Å². The molecular weight excluding hydrogens is 326 g/mol. The predicted molar refractivity (Wildman–Crippen MR) is 90.3 cm³/mol. The smallest absolute Gasteiger partial charge is 0.356 e. The van der Waals surface area contributed by atoms with E-state index in [0.29, 0.717) is 19.5 Å². The fourth-order valence-corrected chi connectivity index (χ4v) is 3.82. The van der Waals surface area contributed by atoms with Gasteiger partial charge < -0.3 is 10.0 Å². The zero-order chi connectivity index (χ0) is 16.7. The minimum absolute atomic E-state index is 0.161. The van der Waals surface area contributed by atoms with Gasteiger partial charge in [-0.05, 0) is 6.42 Å². The van der Waals surface area contributed by atoms with Gasteiger partial charge in [-0.25, -0.2) is 4.79 Å². The van der Waals surface area contributed by atoms with Crippen LogP contribution in [-0.2, 0) is 20.0 Å². The molecule has 3 heterocycles. The van der Waals surface area contributed by atoms with Crippen LogP contribution in [0.5, 0.6) is 0 Å². The third-order valence-electron chi connectivity index (χ3n) is 4.16. The topological polar surface area (TPSA) is 84.1 Å². The lowest BCUT2D eigenvalue weighted by Gasteiger charge is -2.26. The van der Waals surface area contributed by atoms with Crippen LogP contribution >= 0.6 is 11.3 Å². The van der Waals surface area contributed by atoms with Crippen molar-refractivity contribution >= 4 is 22.4 Å². The maximum atomic E-state index is 11.3. The summed E-state index contributed by atoms with van der Waals surface area (Å²) in [5.74, 6) is -0.970.